The van der Waals surface area contributed by atoms with Crippen LogP contribution in [0.1, 0.15) is 39.0 Å². The predicted octanol–water partition coefficient (Wildman–Crippen LogP) is 0.976. The van der Waals surface area contributed by atoms with Crippen molar-refractivity contribution in [2.45, 2.75) is 57.2 Å². The molecule has 0 aromatic rings. The number of rotatable bonds is 7. The highest BCUT2D eigenvalue weighted by Gasteiger charge is 2.31. The number of piperidine rings is 1. The molecule has 17 heavy (non-hydrogen) atoms. The molecule has 1 aliphatic rings. The van der Waals surface area contributed by atoms with Crippen molar-refractivity contribution in [2.24, 2.45) is 5.73 Å². The molecule has 3 N–H and O–H groups in total. The van der Waals surface area contributed by atoms with Crippen LogP contribution in [0.15, 0.2) is 0 Å². The van der Waals surface area contributed by atoms with E-state index in [1.165, 1.54) is 32.1 Å². The third-order valence-electron chi connectivity index (χ3n) is 3.76. The van der Waals surface area contributed by atoms with Crippen LogP contribution in [0.25, 0.3) is 0 Å². The smallest absolute Gasteiger partial charge is 0.0629 e. The molecule has 1 saturated heterocycles. The molecule has 1 fully saturated rings. The van der Waals surface area contributed by atoms with Gasteiger partial charge in [-0.2, -0.15) is 0 Å². The summed E-state index contributed by atoms with van der Waals surface area (Å²) in [6.07, 6.45) is 6.16. The fraction of sp³-hybridized carbons (Fsp3) is 1.00. The zero-order valence-electron chi connectivity index (χ0n) is 11.3. The lowest BCUT2D eigenvalue weighted by Gasteiger charge is -2.42. The van der Waals surface area contributed by atoms with Crippen molar-refractivity contribution in [2.75, 3.05) is 26.9 Å². The van der Waals surface area contributed by atoms with Crippen LogP contribution in [0.3, 0.4) is 0 Å². The molecule has 0 aromatic carbocycles. The maximum absolute atomic E-state index is 9.58. The van der Waals surface area contributed by atoms with E-state index in [1.54, 1.807) is 7.11 Å². The van der Waals surface area contributed by atoms with Gasteiger partial charge in [-0.1, -0.05) is 19.8 Å². The SMILES string of the molecule is CCCC1CCCCN1C(CO)C(N)COC. The third-order valence-corrected chi connectivity index (χ3v) is 3.76. The van der Waals surface area contributed by atoms with Gasteiger partial charge in [0.05, 0.1) is 19.3 Å². The topological polar surface area (TPSA) is 58.7 Å². The van der Waals surface area contributed by atoms with Crippen LogP contribution in [0.5, 0.6) is 0 Å². The largest absolute Gasteiger partial charge is 0.395 e. The zero-order valence-corrected chi connectivity index (χ0v) is 11.3. The van der Waals surface area contributed by atoms with E-state index in [4.69, 9.17) is 10.5 Å². The van der Waals surface area contributed by atoms with E-state index in [9.17, 15) is 5.11 Å². The summed E-state index contributed by atoms with van der Waals surface area (Å²) in [4.78, 5) is 2.41. The number of ether oxygens (including phenoxy) is 1. The second kappa shape index (κ2) is 8.03. The Morgan fingerprint density at radius 1 is 1.47 bits per heavy atom. The quantitative estimate of drug-likeness (QED) is 0.701. The number of methoxy groups -OCH3 is 1. The van der Waals surface area contributed by atoms with Crippen LogP contribution in [0.2, 0.25) is 0 Å². The first-order valence-electron chi connectivity index (χ1n) is 6.85. The maximum Gasteiger partial charge on any atom is 0.0629 e. The lowest BCUT2D eigenvalue weighted by atomic mass is 9.94. The third kappa shape index (κ3) is 4.21. The van der Waals surface area contributed by atoms with Crippen LogP contribution in [-0.2, 0) is 4.74 Å². The summed E-state index contributed by atoms with van der Waals surface area (Å²) in [5.41, 5.74) is 6.10. The molecule has 1 heterocycles. The van der Waals surface area contributed by atoms with Gasteiger partial charge in [0.1, 0.15) is 0 Å². The molecule has 0 amide bonds. The summed E-state index contributed by atoms with van der Waals surface area (Å²) in [5.74, 6) is 0. The number of nitrogens with two attached hydrogens (primary N) is 1. The molecule has 0 aliphatic carbocycles. The Labute approximate surface area is 105 Å². The monoisotopic (exact) mass is 244 g/mol. The highest BCUT2D eigenvalue weighted by molar-refractivity contribution is 4.88. The van der Waals surface area contributed by atoms with E-state index in [1.807, 2.05) is 0 Å². The summed E-state index contributed by atoms with van der Waals surface area (Å²) < 4.78 is 5.11. The summed E-state index contributed by atoms with van der Waals surface area (Å²) in [6.45, 7) is 3.93. The zero-order chi connectivity index (χ0) is 12.7. The van der Waals surface area contributed by atoms with Crippen LogP contribution in [0, 0.1) is 0 Å². The first kappa shape index (κ1) is 14.9. The van der Waals surface area contributed by atoms with Gasteiger partial charge >= 0.3 is 0 Å². The van der Waals surface area contributed by atoms with Gasteiger partial charge in [-0.3, -0.25) is 4.90 Å². The molecule has 1 rings (SSSR count). The van der Waals surface area contributed by atoms with Gasteiger partial charge in [0, 0.05) is 19.2 Å². The Bertz CT molecular complexity index is 200. The maximum atomic E-state index is 9.58. The number of aliphatic hydroxyl groups excluding tert-OH is 1. The highest BCUT2D eigenvalue weighted by atomic mass is 16.5. The van der Waals surface area contributed by atoms with Crippen LogP contribution < -0.4 is 5.73 Å². The number of hydrogen-bond acceptors (Lipinski definition) is 4. The van der Waals surface area contributed by atoms with E-state index in [0.29, 0.717) is 12.6 Å². The van der Waals surface area contributed by atoms with Gasteiger partial charge in [-0.15, -0.1) is 0 Å². The molecule has 0 spiro atoms. The van der Waals surface area contributed by atoms with Crippen LogP contribution >= 0.6 is 0 Å². The average molecular weight is 244 g/mol. The molecule has 1 aliphatic heterocycles. The van der Waals surface area contributed by atoms with Gasteiger partial charge in [-0.05, 0) is 25.8 Å². The fourth-order valence-electron chi connectivity index (χ4n) is 2.89. The van der Waals surface area contributed by atoms with Crippen molar-refractivity contribution in [3.05, 3.63) is 0 Å². The van der Waals surface area contributed by atoms with Crippen molar-refractivity contribution in [3.8, 4) is 0 Å². The molecular formula is C13H28N2O2. The summed E-state index contributed by atoms with van der Waals surface area (Å²) >= 11 is 0. The standard InChI is InChI=1S/C13H28N2O2/c1-3-6-11-7-4-5-8-15(11)13(9-16)12(14)10-17-2/h11-13,16H,3-10,14H2,1-2H3. The first-order chi connectivity index (χ1) is 8.24. The van der Waals surface area contributed by atoms with Crippen molar-refractivity contribution < 1.29 is 9.84 Å². The van der Waals surface area contributed by atoms with Crippen molar-refractivity contribution in [1.29, 1.82) is 0 Å². The number of hydrogen-bond donors (Lipinski definition) is 2. The van der Waals surface area contributed by atoms with E-state index in [0.717, 1.165) is 6.54 Å². The Morgan fingerprint density at radius 3 is 2.82 bits per heavy atom. The molecule has 3 atom stereocenters. The second-order valence-corrected chi connectivity index (χ2v) is 5.05. The van der Waals surface area contributed by atoms with Gasteiger partial charge < -0.3 is 15.6 Å². The van der Waals surface area contributed by atoms with E-state index >= 15 is 0 Å². The number of nitrogens with zero attached hydrogens (tertiary/aromatic N) is 1. The lowest BCUT2D eigenvalue weighted by molar-refractivity contribution is 0.0224. The van der Waals surface area contributed by atoms with Gasteiger partial charge in [0.2, 0.25) is 0 Å². The normalized spacial score (nSPS) is 25.8. The molecule has 0 bridgehead atoms. The van der Waals surface area contributed by atoms with E-state index < -0.39 is 0 Å². The van der Waals surface area contributed by atoms with E-state index in [-0.39, 0.29) is 18.7 Å². The summed E-state index contributed by atoms with van der Waals surface area (Å²) in [7, 11) is 1.66. The first-order valence-corrected chi connectivity index (χ1v) is 6.85. The van der Waals surface area contributed by atoms with Gasteiger partial charge in [0.15, 0.2) is 0 Å². The predicted molar refractivity (Wildman–Crippen MR) is 70.0 cm³/mol. The Balaban J connectivity index is 2.62. The molecule has 102 valence electrons. The van der Waals surface area contributed by atoms with Crippen molar-refractivity contribution in [3.63, 3.8) is 0 Å². The molecule has 0 aromatic heterocycles. The Morgan fingerprint density at radius 2 is 2.24 bits per heavy atom. The number of aliphatic hydroxyl groups is 1. The van der Waals surface area contributed by atoms with E-state index in [2.05, 4.69) is 11.8 Å². The second-order valence-electron chi connectivity index (χ2n) is 5.05. The fourth-order valence-corrected chi connectivity index (χ4v) is 2.89. The molecule has 3 unspecified atom stereocenters. The number of likely N-dealkylation sites (tertiary alicyclic amines) is 1. The molecule has 4 nitrogen and oxygen atoms in total. The average Bonchev–Trinajstić information content (AvgIpc) is 2.33. The van der Waals surface area contributed by atoms with Crippen LogP contribution in [-0.4, -0.2) is 55.0 Å². The molecule has 0 radical (unpaired) electrons. The summed E-state index contributed by atoms with van der Waals surface area (Å²) in [5, 5.41) is 9.58. The highest BCUT2D eigenvalue weighted by Crippen LogP contribution is 2.23. The summed E-state index contributed by atoms with van der Waals surface area (Å²) in [6, 6.07) is 0.545. The van der Waals surface area contributed by atoms with Gasteiger partial charge in [-0.25, -0.2) is 0 Å². The van der Waals surface area contributed by atoms with Gasteiger partial charge in [0.25, 0.3) is 0 Å². The minimum Gasteiger partial charge on any atom is -0.395 e. The molecule has 4 heteroatoms. The Hall–Kier alpha value is -0.160. The minimum absolute atomic E-state index is 0.0480. The molecular weight excluding hydrogens is 216 g/mol. The van der Waals surface area contributed by atoms with Crippen LogP contribution in [0.4, 0.5) is 0 Å². The van der Waals surface area contributed by atoms with Crippen molar-refractivity contribution >= 4 is 0 Å². The van der Waals surface area contributed by atoms with Crippen molar-refractivity contribution in [1.82, 2.24) is 4.90 Å². The minimum atomic E-state index is -0.0949. The molecule has 0 saturated carbocycles. The Kier molecular flexibility index (Phi) is 7.04. The lowest BCUT2D eigenvalue weighted by Crippen LogP contribution is -2.56.